The Morgan fingerprint density at radius 2 is 1.89 bits per heavy atom. The topological polar surface area (TPSA) is 80.3 Å². The maximum absolute atomic E-state index is 12.0. The molecule has 2 heterocycles. The number of sulfone groups is 1. The van der Waals surface area contributed by atoms with E-state index in [0.29, 0.717) is 16.0 Å². The van der Waals surface area contributed by atoms with Gasteiger partial charge in [0.2, 0.25) is 0 Å². The van der Waals surface area contributed by atoms with Gasteiger partial charge >= 0.3 is 0 Å². The summed E-state index contributed by atoms with van der Waals surface area (Å²) in [7, 11) is -3.30. The van der Waals surface area contributed by atoms with Crippen LogP contribution in [0.1, 0.15) is 12.0 Å². The van der Waals surface area contributed by atoms with Crippen LogP contribution >= 0.6 is 11.8 Å². The number of hydrogen-bond acceptors (Lipinski definition) is 5. The average molecular weight is 295 g/mol. The lowest BCUT2D eigenvalue weighted by molar-refractivity contribution is -0.115. The van der Waals surface area contributed by atoms with Crippen LogP contribution in [0.3, 0.4) is 0 Å². The van der Waals surface area contributed by atoms with Crippen LogP contribution < -0.4 is 5.32 Å². The lowest BCUT2D eigenvalue weighted by atomic mass is 10.0. The summed E-state index contributed by atoms with van der Waals surface area (Å²) >= 11 is 0.829. The summed E-state index contributed by atoms with van der Waals surface area (Å²) in [4.78, 5) is 23.5. The van der Waals surface area contributed by atoms with Crippen LogP contribution in [0, 0.1) is 0 Å². The minimum Gasteiger partial charge on any atom is -0.282 e. The fourth-order valence-electron chi connectivity index (χ4n) is 2.22. The van der Waals surface area contributed by atoms with E-state index >= 15 is 0 Å². The van der Waals surface area contributed by atoms with Crippen LogP contribution in [-0.4, -0.2) is 25.3 Å². The van der Waals surface area contributed by atoms with Crippen molar-refractivity contribution in [3.63, 3.8) is 0 Å². The smallest absolute Gasteiger partial charge is 0.282 e. The van der Waals surface area contributed by atoms with E-state index < -0.39 is 21.0 Å². The zero-order valence-corrected chi connectivity index (χ0v) is 11.3. The van der Waals surface area contributed by atoms with Crippen molar-refractivity contribution in [3.8, 4) is 0 Å². The SMILES string of the molecule is O=C1NC(=O)C(=C2CCS(=O)(=O)c3ccccc32)S1. The van der Waals surface area contributed by atoms with Crippen molar-refractivity contribution in [1.29, 1.82) is 0 Å². The predicted octanol–water partition coefficient (Wildman–Crippen LogP) is 1.56. The Balaban J connectivity index is 2.25. The number of benzene rings is 1. The van der Waals surface area contributed by atoms with E-state index in [0.717, 1.165) is 11.8 Å². The Hall–Kier alpha value is -1.60. The van der Waals surface area contributed by atoms with Crippen molar-refractivity contribution in [2.45, 2.75) is 11.3 Å². The molecule has 19 heavy (non-hydrogen) atoms. The highest BCUT2D eigenvalue weighted by atomic mass is 32.2. The van der Waals surface area contributed by atoms with Crippen LogP contribution in [0.25, 0.3) is 5.57 Å². The number of amides is 2. The predicted molar refractivity (Wildman–Crippen MR) is 71.2 cm³/mol. The summed E-state index contributed by atoms with van der Waals surface area (Å²) in [6.45, 7) is 0. The first kappa shape index (κ1) is 12.4. The first-order chi connectivity index (χ1) is 8.99. The molecule has 0 spiro atoms. The van der Waals surface area contributed by atoms with Crippen molar-refractivity contribution in [3.05, 3.63) is 34.7 Å². The van der Waals surface area contributed by atoms with Crippen LogP contribution in [0.2, 0.25) is 0 Å². The number of allylic oxidation sites excluding steroid dienone is 1. The maximum atomic E-state index is 12.0. The van der Waals surface area contributed by atoms with Gasteiger partial charge in [0.05, 0.1) is 15.6 Å². The summed E-state index contributed by atoms with van der Waals surface area (Å²) in [5.41, 5.74) is 1.17. The van der Waals surface area contributed by atoms with Crippen molar-refractivity contribution in [2.75, 3.05) is 5.75 Å². The highest BCUT2D eigenvalue weighted by Crippen LogP contribution is 2.39. The van der Waals surface area contributed by atoms with E-state index in [2.05, 4.69) is 5.32 Å². The summed E-state index contributed by atoms with van der Waals surface area (Å²) in [5.74, 6) is -0.482. The molecule has 1 N–H and O–H groups in total. The van der Waals surface area contributed by atoms with Gasteiger partial charge in [0.25, 0.3) is 11.1 Å². The molecule has 1 aromatic carbocycles. The molecule has 7 heteroatoms. The number of hydrogen-bond donors (Lipinski definition) is 1. The summed E-state index contributed by atoms with van der Waals surface area (Å²) in [6, 6.07) is 6.57. The van der Waals surface area contributed by atoms with Crippen molar-refractivity contribution in [2.24, 2.45) is 0 Å². The van der Waals surface area contributed by atoms with E-state index in [4.69, 9.17) is 0 Å². The maximum Gasteiger partial charge on any atom is 0.290 e. The highest BCUT2D eigenvalue weighted by molar-refractivity contribution is 8.18. The quantitative estimate of drug-likeness (QED) is 0.735. The van der Waals surface area contributed by atoms with Gasteiger partial charge in [-0.3, -0.25) is 14.9 Å². The summed E-state index contributed by atoms with van der Waals surface area (Å²) < 4.78 is 24.0. The van der Waals surface area contributed by atoms with Gasteiger partial charge in [-0.25, -0.2) is 8.42 Å². The fraction of sp³-hybridized carbons (Fsp3) is 0.167. The second-order valence-electron chi connectivity index (χ2n) is 4.22. The molecule has 0 bridgehead atoms. The standard InChI is InChI=1S/C12H9NO4S2/c14-11-10(18-12(15)13-11)8-5-6-19(16,17)9-4-2-1-3-7(8)9/h1-4H,5-6H2,(H,13,14,15). The molecule has 1 saturated heterocycles. The summed E-state index contributed by atoms with van der Waals surface area (Å²) in [5, 5.41) is 1.78. The molecule has 0 radical (unpaired) electrons. The molecule has 1 aromatic rings. The van der Waals surface area contributed by atoms with E-state index in [1.807, 2.05) is 0 Å². The Kier molecular flexibility index (Phi) is 2.75. The van der Waals surface area contributed by atoms with Gasteiger partial charge in [-0.05, 0) is 35.4 Å². The van der Waals surface area contributed by atoms with Crippen LogP contribution in [-0.2, 0) is 14.6 Å². The molecular weight excluding hydrogens is 286 g/mol. The lowest BCUT2D eigenvalue weighted by Gasteiger charge is -2.19. The van der Waals surface area contributed by atoms with Gasteiger partial charge in [-0.15, -0.1) is 0 Å². The Morgan fingerprint density at radius 1 is 1.16 bits per heavy atom. The molecule has 2 aliphatic rings. The second-order valence-corrected chi connectivity index (χ2v) is 7.28. The molecule has 3 rings (SSSR count). The van der Waals surface area contributed by atoms with E-state index in [-0.39, 0.29) is 17.1 Å². The number of nitrogens with one attached hydrogen (secondary N) is 1. The van der Waals surface area contributed by atoms with Gasteiger partial charge in [-0.2, -0.15) is 0 Å². The molecule has 0 aliphatic carbocycles. The molecule has 0 saturated carbocycles. The van der Waals surface area contributed by atoms with Crippen LogP contribution in [0.4, 0.5) is 4.79 Å². The Bertz CT molecular complexity index is 734. The normalized spacial score (nSPS) is 25.1. The first-order valence-corrected chi connectivity index (χ1v) is 8.04. The zero-order valence-electron chi connectivity index (χ0n) is 9.67. The van der Waals surface area contributed by atoms with Crippen molar-refractivity contribution < 1.29 is 18.0 Å². The largest absolute Gasteiger partial charge is 0.290 e. The van der Waals surface area contributed by atoms with E-state index in [9.17, 15) is 18.0 Å². The van der Waals surface area contributed by atoms with E-state index in [1.165, 1.54) is 6.07 Å². The minimum atomic E-state index is -3.30. The Morgan fingerprint density at radius 3 is 2.58 bits per heavy atom. The van der Waals surface area contributed by atoms with Crippen molar-refractivity contribution >= 4 is 38.3 Å². The molecule has 0 atom stereocenters. The van der Waals surface area contributed by atoms with Crippen molar-refractivity contribution in [1.82, 2.24) is 5.32 Å². The van der Waals surface area contributed by atoms with Crippen LogP contribution in [0.5, 0.6) is 0 Å². The molecular formula is C12H9NO4S2. The zero-order chi connectivity index (χ0) is 13.6. The molecule has 1 fully saturated rings. The van der Waals surface area contributed by atoms with E-state index in [1.54, 1.807) is 18.2 Å². The number of imide groups is 1. The van der Waals surface area contributed by atoms with Gasteiger partial charge in [-0.1, -0.05) is 18.2 Å². The van der Waals surface area contributed by atoms with Gasteiger partial charge in [0.1, 0.15) is 0 Å². The Labute approximate surface area is 114 Å². The number of rotatable bonds is 0. The fourth-order valence-corrected chi connectivity index (χ4v) is 4.53. The lowest BCUT2D eigenvalue weighted by Crippen LogP contribution is -2.20. The average Bonchev–Trinajstić information content (AvgIpc) is 2.69. The third kappa shape index (κ3) is 1.98. The molecule has 2 amide bonds. The minimum absolute atomic E-state index is 0.0368. The molecule has 5 nitrogen and oxygen atoms in total. The number of fused-ring (bicyclic) bond motifs is 1. The first-order valence-electron chi connectivity index (χ1n) is 5.57. The molecule has 0 aromatic heterocycles. The molecule has 98 valence electrons. The second kappa shape index (κ2) is 4.21. The number of carbonyl (C=O) groups is 2. The molecule has 0 unspecified atom stereocenters. The third-order valence-electron chi connectivity index (χ3n) is 3.06. The van der Waals surface area contributed by atoms with Gasteiger partial charge < -0.3 is 0 Å². The van der Waals surface area contributed by atoms with Crippen LogP contribution in [0.15, 0.2) is 34.1 Å². The monoisotopic (exact) mass is 295 g/mol. The third-order valence-corrected chi connectivity index (χ3v) is 5.75. The summed E-state index contributed by atoms with van der Waals surface area (Å²) in [6.07, 6.45) is 0.252. The van der Waals surface area contributed by atoms with Gasteiger partial charge in [0.15, 0.2) is 9.84 Å². The number of thioether (sulfide) groups is 1. The van der Waals surface area contributed by atoms with Gasteiger partial charge in [0, 0.05) is 0 Å². The number of carbonyl (C=O) groups excluding carboxylic acids is 2. The molecule has 2 aliphatic heterocycles. The highest BCUT2D eigenvalue weighted by Gasteiger charge is 2.34.